The maximum Gasteiger partial charge on any atom is 0.147 e. The summed E-state index contributed by atoms with van der Waals surface area (Å²) in [5.41, 5.74) is 2.82. The van der Waals surface area contributed by atoms with Crippen LogP contribution < -0.4 is 4.74 Å². The van der Waals surface area contributed by atoms with Gasteiger partial charge < -0.3 is 14.0 Å². The largest absolute Gasteiger partial charge is 0.490 e. The molecule has 0 saturated heterocycles. The number of ether oxygens (including phenoxy) is 2. The van der Waals surface area contributed by atoms with Gasteiger partial charge in [-0.05, 0) is 55.8 Å². The van der Waals surface area contributed by atoms with Gasteiger partial charge in [-0.15, -0.1) is 0 Å². The third-order valence-electron chi connectivity index (χ3n) is 4.00. The van der Waals surface area contributed by atoms with Gasteiger partial charge in [0.2, 0.25) is 0 Å². The van der Waals surface area contributed by atoms with Crippen molar-refractivity contribution in [2.75, 3.05) is 13.2 Å². The monoisotopic (exact) mass is 402 g/mol. The van der Waals surface area contributed by atoms with Crippen LogP contribution >= 0.6 is 23.2 Å². The number of benzene rings is 2. The quantitative estimate of drug-likeness (QED) is 0.362. The highest BCUT2D eigenvalue weighted by Crippen LogP contribution is 2.30. The summed E-state index contributed by atoms with van der Waals surface area (Å²) in [6, 6.07) is 13.1. The summed E-state index contributed by atoms with van der Waals surface area (Å²) >= 11 is 12.4. The molecule has 27 heavy (non-hydrogen) atoms. The number of imidazole rings is 1. The lowest BCUT2D eigenvalue weighted by Crippen LogP contribution is -2.08. The molecule has 140 valence electrons. The molecule has 0 saturated carbocycles. The topological polar surface area (TPSA) is 36.3 Å². The lowest BCUT2D eigenvalue weighted by Gasteiger charge is -2.17. The lowest BCUT2D eigenvalue weighted by molar-refractivity contribution is 0.195. The van der Waals surface area contributed by atoms with Crippen LogP contribution in [-0.2, 0) is 4.74 Å². The minimum absolute atomic E-state index is 0.369. The molecule has 1 aromatic heterocycles. The molecule has 3 rings (SSSR count). The van der Waals surface area contributed by atoms with Crippen molar-refractivity contribution in [3.05, 3.63) is 82.4 Å². The van der Waals surface area contributed by atoms with Crippen molar-refractivity contribution in [2.45, 2.75) is 13.8 Å². The molecule has 1 heterocycles. The molecule has 0 radical (unpaired) electrons. The summed E-state index contributed by atoms with van der Waals surface area (Å²) in [6.07, 6.45) is 5.32. The molecule has 3 aromatic rings. The van der Waals surface area contributed by atoms with Gasteiger partial charge in [-0.1, -0.05) is 29.3 Å². The zero-order valence-electron chi connectivity index (χ0n) is 15.2. The number of halogens is 2. The van der Waals surface area contributed by atoms with E-state index in [1.165, 1.54) is 0 Å². The van der Waals surface area contributed by atoms with Gasteiger partial charge in [0.25, 0.3) is 0 Å². The molecular formula is C21H20Cl2N2O2. The third-order valence-corrected chi connectivity index (χ3v) is 4.57. The molecule has 0 atom stereocenters. The summed E-state index contributed by atoms with van der Waals surface area (Å²) in [4.78, 5) is 4.10. The molecule has 0 unspecified atom stereocenters. The fourth-order valence-corrected chi connectivity index (χ4v) is 3.04. The van der Waals surface area contributed by atoms with Gasteiger partial charge in [-0.3, -0.25) is 0 Å². The Morgan fingerprint density at radius 2 is 1.85 bits per heavy atom. The van der Waals surface area contributed by atoms with Gasteiger partial charge >= 0.3 is 0 Å². The van der Waals surface area contributed by atoms with Crippen LogP contribution in [0, 0.1) is 6.92 Å². The van der Waals surface area contributed by atoms with Crippen LogP contribution in [0.15, 0.2) is 61.2 Å². The van der Waals surface area contributed by atoms with Crippen molar-refractivity contribution in [2.24, 2.45) is 0 Å². The summed E-state index contributed by atoms with van der Waals surface area (Å²) < 4.78 is 13.7. The highest BCUT2D eigenvalue weighted by Gasteiger charge is 2.13. The third kappa shape index (κ3) is 5.06. The molecular weight excluding hydrogens is 383 g/mol. The van der Waals surface area contributed by atoms with Crippen LogP contribution in [-0.4, -0.2) is 22.8 Å². The van der Waals surface area contributed by atoms with Crippen molar-refractivity contribution >= 4 is 34.7 Å². The Balaban J connectivity index is 1.76. The number of aromatic nitrogens is 2. The molecule has 0 fully saturated rings. The Kier molecular flexibility index (Phi) is 6.43. The van der Waals surface area contributed by atoms with Gasteiger partial charge in [0.15, 0.2) is 0 Å². The summed E-state index contributed by atoms with van der Waals surface area (Å²) in [5, 5.41) is 1.32. The fraction of sp³-hybridized carbons (Fsp3) is 0.190. The van der Waals surface area contributed by atoms with E-state index in [0.29, 0.717) is 29.0 Å². The molecule has 0 amide bonds. The smallest absolute Gasteiger partial charge is 0.147 e. The molecule has 4 nitrogen and oxygen atoms in total. The zero-order chi connectivity index (χ0) is 19.2. The Morgan fingerprint density at radius 1 is 1.07 bits per heavy atom. The van der Waals surface area contributed by atoms with E-state index < -0.39 is 0 Å². The van der Waals surface area contributed by atoms with Crippen LogP contribution in [0.1, 0.15) is 18.1 Å². The first-order valence-corrected chi connectivity index (χ1v) is 9.27. The SMILES string of the molecule is C/C(=C(/OCCOc1ccc(Cl)cc1)c1ccc(C)cc1Cl)n1ccnc1. The minimum Gasteiger partial charge on any atom is -0.490 e. The number of aryl methyl sites for hydroxylation is 1. The Hall–Kier alpha value is -2.43. The van der Waals surface area contributed by atoms with Crippen LogP contribution in [0.4, 0.5) is 0 Å². The molecule has 0 aliphatic carbocycles. The average molecular weight is 403 g/mol. The Bertz CT molecular complexity index is 920. The molecule has 0 bridgehead atoms. The zero-order valence-corrected chi connectivity index (χ0v) is 16.7. The van der Waals surface area contributed by atoms with Crippen LogP contribution in [0.3, 0.4) is 0 Å². The summed E-state index contributed by atoms with van der Waals surface area (Å²) in [6.45, 7) is 4.73. The van der Waals surface area contributed by atoms with Crippen LogP contribution in [0.25, 0.3) is 11.5 Å². The van der Waals surface area contributed by atoms with E-state index in [-0.39, 0.29) is 0 Å². The number of hydrogen-bond acceptors (Lipinski definition) is 3. The van der Waals surface area contributed by atoms with Crippen molar-refractivity contribution < 1.29 is 9.47 Å². The van der Waals surface area contributed by atoms with Gasteiger partial charge in [-0.2, -0.15) is 0 Å². The second-order valence-corrected chi connectivity index (χ2v) is 6.86. The highest BCUT2D eigenvalue weighted by atomic mass is 35.5. The Morgan fingerprint density at radius 3 is 2.52 bits per heavy atom. The second kappa shape index (κ2) is 8.98. The van der Waals surface area contributed by atoms with Crippen molar-refractivity contribution in [3.8, 4) is 5.75 Å². The molecule has 0 aliphatic heterocycles. The first-order chi connectivity index (χ1) is 13.0. The van der Waals surface area contributed by atoms with Gasteiger partial charge in [0, 0.05) is 23.0 Å². The number of rotatable bonds is 7. The first kappa shape index (κ1) is 19.3. The van der Waals surface area contributed by atoms with E-state index in [4.69, 9.17) is 32.7 Å². The second-order valence-electron chi connectivity index (χ2n) is 6.02. The standard InChI is InChI=1S/C21H20Cl2N2O2/c1-15-3-8-19(20(23)13-15)21(16(2)25-10-9-24-14-25)27-12-11-26-18-6-4-17(22)5-7-18/h3-10,13-14H,11-12H2,1-2H3/b21-16-. The van der Waals surface area contributed by atoms with Gasteiger partial charge in [-0.25, -0.2) is 4.98 Å². The Labute approximate surface area is 169 Å². The maximum absolute atomic E-state index is 6.47. The molecule has 2 aromatic carbocycles. The van der Waals surface area contributed by atoms with E-state index in [0.717, 1.165) is 22.6 Å². The summed E-state index contributed by atoms with van der Waals surface area (Å²) in [7, 11) is 0. The average Bonchev–Trinajstić information content (AvgIpc) is 3.18. The van der Waals surface area contributed by atoms with E-state index in [1.54, 1.807) is 24.7 Å². The number of allylic oxidation sites excluding steroid dienone is 1. The van der Waals surface area contributed by atoms with Crippen LogP contribution in [0.5, 0.6) is 5.75 Å². The maximum atomic E-state index is 6.47. The molecule has 0 aliphatic rings. The predicted molar refractivity (Wildman–Crippen MR) is 110 cm³/mol. The lowest BCUT2D eigenvalue weighted by atomic mass is 10.1. The molecule has 6 heteroatoms. The van der Waals surface area contributed by atoms with Crippen molar-refractivity contribution in [1.82, 2.24) is 9.55 Å². The predicted octanol–water partition coefficient (Wildman–Crippen LogP) is 5.94. The highest BCUT2D eigenvalue weighted by molar-refractivity contribution is 6.32. The number of nitrogens with zero attached hydrogens (tertiary/aromatic N) is 2. The first-order valence-electron chi connectivity index (χ1n) is 8.51. The van der Waals surface area contributed by atoms with Crippen LogP contribution in [0.2, 0.25) is 10.0 Å². The molecule has 0 N–H and O–H groups in total. The molecule has 0 spiro atoms. The van der Waals surface area contributed by atoms with Crippen molar-refractivity contribution in [3.63, 3.8) is 0 Å². The van der Waals surface area contributed by atoms with Gasteiger partial charge in [0.05, 0.1) is 17.0 Å². The van der Waals surface area contributed by atoms with E-state index in [1.807, 2.05) is 54.9 Å². The number of hydrogen-bond donors (Lipinski definition) is 0. The van der Waals surface area contributed by atoms with E-state index >= 15 is 0 Å². The minimum atomic E-state index is 0.369. The normalized spacial score (nSPS) is 11.9. The fourth-order valence-electron chi connectivity index (χ4n) is 2.59. The van der Waals surface area contributed by atoms with E-state index in [9.17, 15) is 0 Å². The van der Waals surface area contributed by atoms with Gasteiger partial charge in [0.1, 0.15) is 24.7 Å². The van der Waals surface area contributed by atoms with E-state index in [2.05, 4.69) is 4.98 Å². The van der Waals surface area contributed by atoms with Crippen molar-refractivity contribution in [1.29, 1.82) is 0 Å². The summed E-state index contributed by atoms with van der Waals surface area (Å²) in [5.74, 6) is 1.44.